The van der Waals surface area contributed by atoms with Crippen molar-refractivity contribution in [2.24, 2.45) is 0 Å². The summed E-state index contributed by atoms with van der Waals surface area (Å²) >= 11 is 5.93. The maximum Gasteiger partial charge on any atom is 0.190 e. The molecule has 0 amide bonds. The van der Waals surface area contributed by atoms with Crippen molar-refractivity contribution in [2.45, 2.75) is 50.7 Å². The molecule has 2 aliphatic heterocycles. The monoisotopic (exact) mass is 365 g/mol. The number of hydrogen-bond acceptors (Lipinski definition) is 6. The lowest BCUT2D eigenvalue weighted by Gasteiger charge is -2.30. The molecule has 2 fully saturated rings. The van der Waals surface area contributed by atoms with E-state index in [1.54, 1.807) is 26.8 Å². The van der Waals surface area contributed by atoms with Crippen LogP contribution in [0.1, 0.15) is 20.8 Å². The molecule has 0 unspecified atom stereocenters. The fourth-order valence-electron chi connectivity index (χ4n) is 3.25. The van der Waals surface area contributed by atoms with Crippen LogP contribution in [-0.2, 0) is 14.2 Å². The van der Waals surface area contributed by atoms with Gasteiger partial charge in [-0.3, -0.25) is 0 Å². The number of halogens is 1. The van der Waals surface area contributed by atoms with E-state index in [1.807, 2.05) is 24.3 Å². The average molecular weight is 366 g/mol. The van der Waals surface area contributed by atoms with Crippen LogP contribution in [0.15, 0.2) is 30.3 Å². The quantitative estimate of drug-likeness (QED) is 0.843. The third-order valence-electron chi connectivity index (χ3n) is 4.62. The molecule has 6 nitrogen and oxygen atoms in total. The molecule has 7 heteroatoms. The van der Waals surface area contributed by atoms with Crippen molar-refractivity contribution in [3.05, 3.63) is 35.5 Å². The summed E-state index contributed by atoms with van der Waals surface area (Å²) in [7, 11) is 0. The number of pyridine rings is 1. The van der Waals surface area contributed by atoms with Crippen LogP contribution in [0.3, 0.4) is 0 Å². The molecule has 0 saturated carbocycles. The molecule has 0 spiro atoms. The van der Waals surface area contributed by atoms with E-state index in [9.17, 15) is 5.11 Å². The van der Waals surface area contributed by atoms with E-state index >= 15 is 0 Å². The second kappa shape index (κ2) is 5.79. The maximum atomic E-state index is 10.8. The smallest absolute Gasteiger partial charge is 0.190 e. The average Bonchev–Trinajstić information content (AvgIpc) is 2.96. The highest BCUT2D eigenvalue weighted by Gasteiger charge is 2.61. The predicted octanol–water partition coefficient (Wildman–Crippen LogP) is 2.89. The Morgan fingerprint density at radius 2 is 1.96 bits per heavy atom. The fraction of sp³-hybridized carbons (Fsp3) is 0.500. The largest absolute Gasteiger partial charge is 0.491 e. The van der Waals surface area contributed by atoms with Gasteiger partial charge < -0.3 is 24.1 Å². The summed E-state index contributed by atoms with van der Waals surface area (Å²) in [6.07, 6.45) is -1.72. The van der Waals surface area contributed by atoms with Gasteiger partial charge in [-0.15, -0.1) is 0 Å². The third kappa shape index (κ3) is 3.09. The lowest BCUT2D eigenvalue weighted by atomic mass is 9.95. The number of rotatable bonds is 3. The van der Waals surface area contributed by atoms with Gasteiger partial charge >= 0.3 is 0 Å². The molecule has 2 aromatic rings. The van der Waals surface area contributed by atoms with Gasteiger partial charge in [0.05, 0.1) is 5.52 Å². The molecule has 134 valence electrons. The Balaban J connectivity index is 1.47. The molecule has 1 aromatic carbocycles. The van der Waals surface area contributed by atoms with Crippen LogP contribution in [0.5, 0.6) is 5.75 Å². The highest BCUT2D eigenvalue weighted by atomic mass is 35.5. The first kappa shape index (κ1) is 17.0. The van der Waals surface area contributed by atoms with Crippen molar-refractivity contribution in [3.63, 3.8) is 0 Å². The Bertz CT molecular complexity index is 809. The molecule has 1 N–H and O–H groups in total. The van der Waals surface area contributed by atoms with Crippen LogP contribution in [0.4, 0.5) is 0 Å². The van der Waals surface area contributed by atoms with E-state index < -0.39 is 29.9 Å². The molecule has 2 saturated heterocycles. The minimum Gasteiger partial charge on any atom is -0.491 e. The Hall–Kier alpha value is -1.44. The minimum absolute atomic E-state index is 0.166. The second-order valence-corrected chi connectivity index (χ2v) is 7.46. The zero-order valence-electron chi connectivity index (χ0n) is 14.2. The minimum atomic E-state index is -1.21. The van der Waals surface area contributed by atoms with Gasteiger partial charge in [0, 0.05) is 11.5 Å². The first-order chi connectivity index (χ1) is 11.7. The SMILES string of the molecule is CC1(C)O[C@H]2O[C@H](COc3ccc4ccc(Cl)nc4c3)[C@@](C)(O)[C@H]2O1. The van der Waals surface area contributed by atoms with E-state index in [0.717, 1.165) is 10.9 Å². The summed E-state index contributed by atoms with van der Waals surface area (Å²) in [6, 6.07) is 9.20. The normalized spacial score (nSPS) is 33.6. The molecule has 2 aliphatic rings. The Morgan fingerprint density at radius 1 is 1.20 bits per heavy atom. The molecule has 0 radical (unpaired) electrons. The molecule has 4 rings (SSSR count). The number of hydrogen-bond donors (Lipinski definition) is 1. The standard InChI is InChI=1S/C18H20ClNO5/c1-17(2)24-15-16(25-17)23-13(18(15,3)21)9-22-11-6-4-10-5-7-14(19)20-12(10)8-11/h4-8,13,15-16,21H,9H2,1-3H3/t13-,15+,16-,18-/m1/s1. The van der Waals surface area contributed by atoms with E-state index in [4.69, 9.17) is 30.5 Å². The predicted molar refractivity (Wildman–Crippen MR) is 91.6 cm³/mol. The topological polar surface area (TPSA) is 70.0 Å². The molecular weight excluding hydrogens is 346 g/mol. The van der Waals surface area contributed by atoms with Gasteiger partial charge in [0.2, 0.25) is 0 Å². The van der Waals surface area contributed by atoms with Gasteiger partial charge in [0.25, 0.3) is 0 Å². The summed E-state index contributed by atoms with van der Waals surface area (Å²) in [5.74, 6) is -0.144. The molecule has 4 atom stereocenters. The number of aromatic nitrogens is 1. The molecule has 3 heterocycles. The van der Waals surface area contributed by atoms with Gasteiger partial charge in [0.1, 0.15) is 35.3 Å². The summed E-state index contributed by atoms with van der Waals surface area (Å²) in [5.41, 5.74) is -0.467. The van der Waals surface area contributed by atoms with Crippen LogP contribution in [-0.4, -0.2) is 46.6 Å². The van der Waals surface area contributed by atoms with Crippen LogP contribution in [0, 0.1) is 0 Å². The van der Waals surface area contributed by atoms with Crippen molar-refractivity contribution in [1.82, 2.24) is 4.98 Å². The molecule has 1 aromatic heterocycles. The van der Waals surface area contributed by atoms with Gasteiger partial charge in [-0.1, -0.05) is 11.6 Å². The molecule has 0 bridgehead atoms. The van der Waals surface area contributed by atoms with Crippen molar-refractivity contribution >= 4 is 22.5 Å². The number of aliphatic hydroxyl groups is 1. The maximum absolute atomic E-state index is 10.8. The first-order valence-corrected chi connectivity index (χ1v) is 8.55. The second-order valence-electron chi connectivity index (χ2n) is 7.07. The summed E-state index contributed by atoms with van der Waals surface area (Å²) < 4.78 is 23.1. The molecule has 0 aliphatic carbocycles. The first-order valence-electron chi connectivity index (χ1n) is 8.17. The van der Waals surface area contributed by atoms with Crippen LogP contribution in [0.2, 0.25) is 5.15 Å². The molecular formula is C18H20ClNO5. The van der Waals surface area contributed by atoms with Gasteiger partial charge in [-0.25, -0.2) is 4.98 Å². The van der Waals surface area contributed by atoms with Crippen LogP contribution >= 0.6 is 11.6 Å². The summed E-state index contributed by atoms with van der Waals surface area (Å²) in [5, 5.41) is 12.2. The van der Waals surface area contributed by atoms with Gasteiger partial charge in [0.15, 0.2) is 12.1 Å². The fourth-order valence-corrected chi connectivity index (χ4v) is 3.40. The van der Waals surface area contributed by atoms with E-state index in [2.05, 4.69) is 4.98 Å². The van der Waals surface area contributed by atoms with E-state index in [-0.39, 0.29) is 6.61 Å². The summed E-state index contributed by atoms with van der Waals surface area (Å²) in [4.78, 5) is 4.27. The molecule has 25 heavy (non-hydrogen) atoms. The highest BCUT2D eigenvalue weighted by molar-refractivity contribution is 6.29. The third-order valence-corrected chi connectivity index (χ3v) is 4.83. The Kier molecular flexibility index (Phi) is 3.94. The summed E-state index contributed by atoms with van der Waals surface area (Å²) in [6.45, 7) is 5.43. The lowest BCUT2D eigenvalue weighted by Crippen LogP contribution is -2.48. The highest BCUT2D eigenvalue weighted by Crippen LogP contribution is 2.42. The number of nitrogens with zero attached hydrogens (tertiary/aromatic N) is 1. The van der Waals surface area contributed by atoms with Crippen molar-refractivity contribution < 1.29 is 24.1 Å². The van der Waals surface area contributed by atoms with Crippen LogP contribution < -0.4 is 4.74 Å². The zero-order valence-corrected chi connectivity index (χ0v) is 15.0. The van der Waals surface area contributed by atoms with Crippen molar-refractivity contribution in [3.8, 4) is 5.75 Å². The van der Waals surface area contributed by atoms with Crippen LogP contribution in [0.25, 0.3) is 10.9 Å². The van der Waals surface area contributed by atoms with Crippen molar-refractivity contribution in [1.29, 1.82) is 0 Å². The van der Waals surface area contributed by atoms with E-state index in [1.165, 1.54) is 0 Å². The Morgan fingerprint density at radius 3 is 2.72 bits per heavy atom. The number of ether oxygens (including phenoxy) is 4. The van der Waals surface area contributed by atoms with Crippen molar-refractivity contribution in [2.75, 3.05) is 6.61 Å². The Labute approximate surface area is 150 Å². The number of benzene rings is 1. The van der Waals surface area contributed by atoms with Gasteiger partial charge in [-0.2, -0.15) is 0 Å². The van der Waals surface area contributed by atoms with E-state index in [0.29, 0.717) is 10.9 Å². The van der Waals surface area contributed by atoms with Gasteiger partial charge in [-0.05, 0) is 45.0 Å². The lowest BCUT2D eigenvalue weighted by molar-refractivity contribution is -0.229. The zero-order chi connectivity index (χ0) is 17.8. The number of fused-ring (bicyclic) bond motifs is 2.